The van der Waals surface area contributed by atoms with Crippen molar-refractivity contribution in [3.05, 3.63) is 49.9 Å². The van der Waals surface area contributed by atoms with Crippen LogP contribution >= 0.6 is 23.6 Å². The van der Waals surface area contributed by atoms with Gasteiger partial charge in [0.25, 0.3) is 11.6 Å². The number of amides is 1. The summed E-state index contributed by atoms with van der Waals surface area (Å²) in [6.45, 7) is 6.02. The Morgan fingerprint density at radius 2 is 1.85 bits per heavy atom. The van der Waals surface area contributed by atoms with Gasteiger partial charge in [-0.1, -0.05) is 0 Å². The van der Waals surface area contributed by atoms with Gasteiger partial charge in [0.2, 0.25) is 0 Å². The Bertz CT molecular complexity index is 1130. The number of methoxy groups -OCH3 is 1. The summed E-state index contributed by atoms with van der Waals surface area (Å²) in [6.07, 6.45) is -4.90. The molecule has 0 radical (unpaired) electrons. The van der Waals surface area contributed by atoms with Crippen molar-refractivity contribution >= 4 is 56.9 Å². The highest BCUT2D eigenvalue weighted by Crippen LogP contribution is 2.38. The number of alkyl halides is 3. The quantitative estimate of drug-likeness (QED) is 0.226. The summed E-state index contributed by atoms with van der Waals surface area (Å²) in [5.74, 6) is -1.08. The monoisotopic (exact) mass is 518 g/mol. The van der Waals surface area contributed by atoms with Crippen LogP contribution in [-0.4, -0.2) is 47.0 Å². The molecule has 184 valence electrons. The molecule has 0 saturated carbocycles. The highest BCUT2D eigenvalue weighted by atomic mass is 32.1. The SMILES string of the molecule is CCN(CC)C(=O)c1sc(NC(=S)Nc2ccc([N+](=O)[O-])cc2C(F)(F)F)c(C(=O)OC)c1C. The van der Waals surface area contributed by atoms with Gasteiger partial charge in [0.05, 0.1) is 33.7 Å². The molecule has 0 bridgehead atoms. The van der Waals surface area contributed by atoms with Crippen LogP contribution in [0.15, 0.2) is 18.2 Å². The lowest BCUT2D eigenvalue weighted by Gasteiger charge is -2.18. The zero-order valence-corrected chi connectivity index (χ0v) is 20.2. The second kappa shape index (κ2) is 10.8. The van der Waals surface area contributed by atoms with Crippen molar-refractivity contribution in [2.24, 2.45) is 0 Å². The van der Waals surface area contributed by atoms with E-state index in [4.69, 9.17) is 17.0 Å². The van der Waals surface area contributed by atoms with E-state index in [1.165, 1.54) is 0 Å². The molecule has 0 aliphatic heterocycles. The first-order chi connectivity index (χ1) is 15.8. The first-order valence-electron chi connectivity index (χ1n) is 9.80. The summed E-state index contributed by atoms with van der Waals surface area (Å²) in [7, 11) is 1.15. The highest BCUT2D eigenvalue weighted by molar-refractivity contribution is 7.80. The number of anilines is 2. The number of esters is 1. The number of rotatable bonds is 7. The third kappa shape index (κ3) is 5.80. The summed E-state index contributed by atoms with van der Waals surface area (Å²) >= 11 is 6.03. The molecule has 2 rings (SSSR count). The molecule has 0 fully saturated rings. The van der Waals surface area contributed by atoms with Gasteiger partial charge in [0, 0.05) is 25.2 Å². The van der Waals surface area contributed by atoms with Crippen molar-refractivity contribution in [2.45, 2.75) is 26.9 Å². The summed E-state index contributed by atoms with van der Waals surface area (Å²) in [6, 6.07) is 2.17. The molecular formula is C20H21F3N4O5S2. The van der Waals surface area contributed by atoms with Crippen molar-refractivity contribution in [2.75, 3.05) is 30.8 Å². The lowest BCUT2D eigenvalue weighted by Crippen LogP contribution is -2.30. The van der Waals surface area contributed by atoms with E-state index in [-0.39, 0.29) is 26.5 Å². The van der Waals surface area contributed by atoms with E-state index in [9.17, 15) is 32.9 Å². The molecule has 1 aromatic heterocycles. The van der Waals surface area contributed by atoms with Crippen LogP contribution < -0.4 is 10.6 Å². The minimum atomic E-state index is -4.90. The largest absolute Gasteiger partial charge is 0.465 e. The third-order valence-corrected chi connectivity index (χ3v) is 6.18. The Hall–Kier alpha value is -3.26. The van der Waals surface area contributed by atoms with Gasteiger partial charge in [-0.25, -0.2) is 4.79 Å². The molecular weight excluding hydrogens is 497 g/mol. The minimum Gasteiger partial charge on any atom is -0.465 e. The zero-order valence-electron chi connectivity index (χ0n) is 18.5. The van der Waals surface area contributed by atoms with Crippen LogP contribution in [0.5, 0.6) is 0 Å². The van der Waals surface area contributed by atoms with Crippen LogP contribution in [0.25, 0.3) is 0 Å². The van der Waals surface area contributed by atoms with Crippen LogP contribution in [0, 0.1) is 17.0 Å². The van der Waals surface area contributed by atoms with E-state index >= 15 is 0 Å². The van der Waals surface area contributed by atoms with Gasteiger partial charge in [0.15, 0.2) is 5.11 Å². The number of carbonyl (C=O) groups is 2. The molecule has 0 aliphatic carbocycles. The lowest BCUT2D eigenvalue weighted by atomic mass is 10.1. The summed E-state index contributed by atoms with van der Waals surface area (Å²) in [5.41, 5.74) is -2.20. The molecule has 1 heterocycles. The number of non-ortho nitro benzene ring substituents is 1. The predicted octanol–water partition coefficient (Wildman–Crippen LogP) is 5.06. The molecule has 9 nitrogen and oxygen atoms in total. The number of carbonyl (C=O) groups excluding carboxylic acids is 2. The number of thiophene rings is 1. The molecule has 0 unspecified atom stereocenters. The molecule has 0 saturated heterocycles. The highest BCUT2D eigenvalue weighted by Gasteiger charge is 2.35. The summed E-state index contributed by atoms with van der Waals surface area (Å²) < 4.78 is 45.1. The van der Waals surface area contributed by atoms with Crippen LogP contribution in [0.2, 0.25) is 0 Å². The van der Waals surface area contributed by atoms with E-state index in [1.807, 2.05) is 0 Å². The number of nitro groups is 1. The number of nitrogens with zero attached hydrogens (tertiary/aromatic N) is 2. The first kappa shape index (κ1) is 27.0. The van der Waals surface area contributed by atoms with Crippen molar-refractivity contribution in [3.63, 3.8) is 0 Å². The Labute approximate surface area is 202 Å². The fourth-order valence-electron chi connectivity index (χ4n) is 3.05. The van der Waals surface area contributed by atoms with Crippen LogP contribution in [0.4, 0.5) is 29.5 Å². The van der Waals surface area contributed by atoms with E-state index in [1.54, 1.807) is 25.7 Å². The van der Waals surface area contributed by atoms with Gasteiger partial charge in [-0.15, -0.1) is 11.3 Å². The number of nitrogens with one attached hydrogen (secondary N) is 2. The molecule has 0 spiro atoms. The Morgan fingerprint density at radius 1 is 1.24 bits per heavy atom. The molecule has 0 aliphatic rings. The van der Waals surface area contributed by atoms with Gasteiger partial charge in [-0.3, -0.25) is 14.9 Å². The van der Waals surface area contributed by atoms with Gasteiger partial charge >= 0.3 is 12.1 Å². The standard InChI is InChI=1S/C20H21F3N4O5S2/c1-5-26(6-2)17(28)15-10(3)14(18(29)32-4)16(34-15)25-19(33)24-13-8-7-11(27(30)31)9-12(13)20(21,22)23/h7-9H,5-6H2,1-4H3,(H2,24,25,33). The molecule has 2 N–H and O–H groups in total. The van der Waals surface area contributed by atoms with E-state index in [0.29, 0.717) is 24.7 Å². The lowest BCUT2D eigenvalue weighted by molar-refractivity contribution is -0.385. The van der Waals surface area contributed by atoms with Crippen molar-refractivity contribution in [1.29, 1.82) is 0 Å². The van der Waals surface area contributed by atoms with E-state index in [0.717, 1.165) is 30.6 Å². The molecule has 2 aromatic rings. The van der Waals surface area contributed by atoms with Crippen LogP contribution in [0.3, 0.4) is 0 Å². The molecule has 1 amide bonds. The van der Waals surface area contributed by atoms with E-state index < -0.39 is 34.0 Å². The topological polar surface area (TPSA) is 114 Å². The zero-order chi connectivity index (χ0) is 25.8. The average molecular weight is 519 g/mol. The van der Waals surface area contributed by atoms with Gasteiger partial charge in [-0.2, -0.15) is 13.2 Å². The summed E-state index contributed by atoms with van der Waals surface area (Å²) in [4.78, 5) is 36.9. The number of hydrogen-bond acceptors (Lipinski definition) is 7. The fourth-order valence-corrected chi connectivity index (χ4v) is 4.50. The number of hydrogen-bond donors (Lipinski definition) is 2. The number of nitro benzene ring substituents is 1. The second-order valence-corrected chi connectivity index (χ2v) is 8.22. The predicted molar refractivity (Wildman–Crippen MR) is 126 cm³/mol. The maximum absolute atomic E-state index is 13.4. The van der Waals surface area contributed by atoms with E-state index in [2.05, 4.69) is 10.6 Å². The minimum absolute atomic E-state index is 0.0203. The number of thiocarbonyl (C=S) groups is 1. The Kier molecular flexibility index (Phi) is 8.56. The maximum atomic E-state index is 13.4. The maximum Gasteiger partial charge on any atom is 0.418 e. The normalized spacial score (nSPS) is 11.0. The van der Waals surface area contributed by atoms with Crippen molar-refractivity contribution < 1.29 is 32.4 Å². The van der Waals surface area contributed by atoms with Crippen LogP contribution in [-0.2, 0) is 10.9 Å². The first-order valence-corrected chi connectivity index (χ1v) is 11.0. The average Bonchev–Trinajstić information content (AvgIpc) is 3.08. The third-order valence-electron chi connectivity index (χ3n) is 4.78. The van der Waals surface area contributed by atoms with Crippen LogP contribution in [0.1, 0.15) is 45.0 Å². The Morgan fingerprint density at radius 3 is 2.35 bits per heavy atom. The summed E-state index contributed by atoms with van der Waals surface area (Å²) in [5, 5.41) is 15.7. The van der Waals surface area contributed by atoms with Gasteiger partial charge < -0.3 is 20.3 Å². The van der Waals surface area contributed by atoms with Crippen molar-refractivity contribution in [1.82, 2.24) is 4.90 Å². The number of ether oxygens (including phenoxy) is 1. The molecule has 1 aromatic carbocycles. The number of halogens is 3. The molecule has 0 atom stereocenters. The smallest absolute Gasteiger partial charge is 0.418 e. The molecule has 34 heavy (non-hydrogen) atoms. The Balaban J connectivity index is 2.43. The molecule has 14 heteroatoms. The second-order valence-electron chi connectivity index (χ2n) is 6.79. The van der Waals surface area contributed by atoms with Crippen molar-refractivity contribution in [3.8, 4) is 0 Å². The van der Waals surface area contributed by atoms with Gasteiger partial charge in [-0.05, 0) is 44.6 Å². The van der Waals surface area contributed by atoms with Gasteiger partial charge in [0.1, 0.15) is 5.00 Å². The number of benzene rings is 1. The fraction of sp³-hybridized carbons (Fsp3) is 0.350.